The maximum Gasteiger partial charge on any atom is 0.248 e. The van der Waals surface area contributed by atoms with Gasteiger partial charge in [-0.15, -0.1) is 0 Å². The number of amides is 1. The summed E-state index contributed by atoms with van der Waals surface area (Å²) in [6.07, 6.45) is 2.02. The summed E-state index contributed by atoms with van der Waals surface area (Å²) in [7, 11) is 0.160. The highest BCUT2D eigenvalue weighted by molar-refractivity contribution is 7.89. The Labute approximate surface area is 131 Å². The zero-order chi connectivity index (χ0) is 16.3. The van der Waals surface area contributed by atoms with E-state index in [0.717, 1.165) is 25.9 Å². The van der Waals surface area contributed by atoms with E-state index in [1.54, 1.807) is 7.05 Å². The van der Waals surface area contributed by atoms with Crippen molar-refractivity contribution >= 4 is 15.9 Å². The Hall–Kier alpha value is -1.44. The standard InChI is InChI=1S/C15H23N3O3S/c1-17-9-7-12(8-10-17)11-18(2)22(20,21)14-5-3-13(4-6-14)15(16)19/h3-6,12H,7-11H2,1-2H3,(H2,16,19). The van der Waals surface area contributed by atoms with E-state index < -0.39 is 15.9 Å². The van der Waals surface area contributed by atoms with Crippen molar-refractivity contribution < 1.29 is 13.2 Å². The average molecular weight is 325 g/mol. The molecule has 0 spiro atoms. The topological polar surface area (TPSA) is 83.7 Å². The van der Waals surface area contributed by atoms with Crippen molar-refractivity contribution in [2.24, 2.45) is 11.7 Å². The highest BCUT2D eigenvalue weighted by Gasteiger charge is 2.25. The van der Waals surface area contributed by atoms with Gasteiger partial charge in [0, 0.05) is 19.2 Å². The number of likely N-dealkylation sites (tertiary alicyclic amines) is 1. The smallest absolute Gasteiger partial charge is 0.248 e. The maximum atomic E-state index is 12.6. The van der Waals surface area contributed by atoms with Gasteiger partial charge >= 0.3 is 0 Å². The zero-order valence-electron chi connectivity index (χ0n) is 13.0. The fourth-order valence-electron chi connectivity index (χ4n) is 2.68. The molecule has 1 saturated heterocycles. The van der Waals surface area contributed by atoms with Gasteiger partial charge in [0.2, 0.25) is 15.9 Å². The van der Waals surface area contributed by atoms with Crippen molar-refractivity contribution in [2.75, 3.05) is 33.7 Å². The van der Waals surface area contributed by atoms with Crippen molar-refractivity contribution in [1.29, 1.82) is 0 Å². The van der Waals surface area contributed by atoms with E-state index >= 15 is 0 Å². The molecule has 1 aliphatic rings. The molecule has 0 saturated carbocycles. The van der Waals surface area contributed by atoms with Crippen LogP contribution in [0.4, 0.5) is 0 Å². The molecular formula is C15H23N3O3S. The van der Waals surface area contributed by atoms with Gasteiger partial charge < -0.3 is 10.6 Å². The van der Waals surface area contributed by atoms with Gasteiger partial charge in [-0.05, 0) is 63.2 Å². The number of hydrogen-bond donors (Lipinski definition) is 1. The number of piperidine rings is 1. The Kier molecular flexibility index (Phi) is 5.20. The minimum Gasteiger partial charge on any atom is -0.366 e. The summed E-state index contributed by atoms with van der Waals surface area (Å²) < 4.78 is 26.5. The number of hydrogen-bond acceptors (Lipinski definition) is 4. The third-order valence-corrected chi connectivity index (χ3v) is 6.04. The Bertz CT molecular complexity index is 620. The molecular weight excluding hydrogens is 302 g/mol. The van der Waals surface area contributed by atoms with E-state index in [-0.39, 0.29) is 4.90 Å². The van der Waals surface area contributed by atoms with E-state index in [1.165, 1.54) is 28.6 Å². The molecule has 6 nitrogen and oxygen atoms in total. The summed E-state index contributed by atoms with van der Waals surface area (Å²) in [4.78, 5) is 13.5. The molecule has 0 aliphatic carbocycles. The predicted molar refractivity (Wildman–Crippen MR) is 85.0 cm³/mol. The van der Waals surface area contributed by atoms with Gasteiger partial charge in [-0.2, -0.15) is 0 Å². The van der Waals surface area contributed by atoms with Crippen LogP contribution >= 0.6 is 0 Å². The Morgan fingerprint density at radius 2 is 1.82 bits per heavy atom. The van der Waals surface area contributed by atoms with Crippen molar-refractivity contribution in [1.82, 2.24) is 9.21 Å². The second kappa shape index (κ2) is 6.76. The third-order valence-electron chi connectivity index (χ3n) is 4.20. The summed E-state index contributed by atoms with van der Waals surface area (Å²) in [5.41, 5.74) is 5.47. The lowest BCUT2D eigenvalue weighted by Crippen LogP contribution is -2.37. The lowest BCUT2D eigenvalue weighted by atomic mass is 9.97. The first-order chi connectivity index (χ1) is 10.3. The Morgan fingerprint density at radius 3 is 2.32 bits per heavy atom. The van der Waals surface area contributed by atoms with Crippen LogP contribution in [0.2, 0.25) is 0 Å². The monoisotopic (exact) mass is 325 g/mol. The Balaban J connectivity index is 2.06. The predicted octanol–water partition coefficient (Wildman–Crippen LogP) is 0.748. The Morgan fingerprint density at radius 1 is 1.27 bits per heavy atom. The lowest BCUT2D eigenvalue weighted by Gasteiger charge is -2.31. The van der Waals surface area contributed by atoms with E-state index in [1.807, 2.05) is 0 Å². The first kappa shape index (κ1) is 16.9. The molecule has 1 aromatic carbocycles. The number of sulfonamides is 1. The van der Waals surface area contributed by atoms with Crippen LogP contribution < -0.4 is 5.73 Å². The SMILES string of the molecule is CN1CCC(CN(C)S(=O)(=O)c2ccc(C(N)=O)cc2)CC1. The first-order valence-corrected chi connectivity index (χ1v) is 8.79. The molecule has 0 atom stereocenters. The fraction of sp³-hybridized carbons (Fsp3) is 0.533. The molecule has 0 unspecified atom stereocenters. The quantitative estimate of drug-likeness (QED) is 0.866. The van der Waals surface area contributed by atoms with Crippen LogP contribution in [0, 0.1) is 5.92 Å². The van der Waals surface area contributed by atoms with Crippen molar-refractivity contribution in [3.63, 3.8) is 0 Å². The molecule has 1 heterocycles. The molecule has 22 heavy (non-hydrogen) atoms. The van der Waals surface area contributed by atoms with E-state index in [4.69, 9.17) is 5.73 Å². The van der Waals surface area contributed by atoms with Gasteiger partial charge in [-0.1, -0.05) is 0 Å². The van der Waals surface area contributed by atoms with Crippen molar-refractivity contribution in [2.45, 2.75) is 17.7 Å². The second-order valence-electron chi connectivity index (χ2n) is 5.92. The lowest BCUT2D eigenvalue weighted by molar-refractivity contribution is 0.1000. The zero-order valence-corrected chi connectivity index (χ0v) is 13.8. The number of carbonyl (C=O) groups is 1. The van der Waals surface area contributed by atoms with Crippen LogP contribution in [0.5, 0.6) is 0 Å². The molecule has 122 valence electrons. The van der Waals surface area contributed by atoms with Gasteiger partial charge in [0.1, 0.15) is 0 Å². The average Bonchev–Trinajstić information content (AvgIpc) is 2.49. The van der Waals surface area contributed by atoms with E-state index in [0.29, 0.717) is 18.0 Å². The normalized spacial score (nSPS) is 17.8. The van der Waals surface area contributed by atoms with Crippen LogP contribution in [0.3, 0.4) is 0 Å². The molecule has 7 heteroatoms. The fourth-order valence-corrected chi connectivity index (χ4v) is 3.92. The molecule has 2 rings (SSSR count). The highest BCUT2D eigenvalue weighted by Crippen LogP contribution is 2.21. The first-order valence-electron chi connectivity index (χ1n) is 7.35. The molecule has 0 bridgehead atoms. The number of benzene rings is 1. The van der Waals surface area contributed by atoms with Crippen LogP contribution in [0.15, 0.2) is 29.2 Å². The summed E-state index contributed by atoms with van der Waals surface area (Å²) in [5, 5.41) is 0. The summed E-state index contributed by atoms with van der Waals surface area (Å²) in [5.74, 6) is -0.176. The van der Waals surface area contributed by atoms with Crippen molar-refractivity contribution in [3.05, 3.63) is 29.8 Å². The number of nitrogens with zero attached hydrogens (tertiary/aromatic N) is 2. The number of nitrogens with two attached hydrogens (primary N) is 1. The molecule has 1 amide bonds. The van der Waals surface area contributed by atoms with Gasteiger partial charge in [-0.3, -0.25) is 4.79 Å². The van der Waals surface area contributed by atoms with Gasteiger partial charge in [0.15, 0.2) is 0 Å². The van der Waals surface area contributed by atoms with Gasteiger partial charge in [0.25, 0.3) is 0 Å². The molecule has 1 fully saturated rings. The van der Waals surface area contributed by atoms with Crippen LogP contribution in [-0.4, -0.2) is 57.3 Å². The van der Waals surface area contributed by atoms with Gasteiger partial charge in [0.05, 0.1) is 4.90 Å². The molecule has 2 N–H and O–H groups in total. The minimum absolute atomic E-state index is 0.188. The highest BCUT2D eigenvalue weighted by atomic mass is 32.2. The van der Waals surface area contributed by atoms with Crippen LogP contribution in [-0.2, 0) is 10.0 Å². The number of carbonyl (C=O) groups excluding carboxylic acids is 1. The molecule has 0 radical (unpaired) electrons. The number of rotatable bonds is 5. The van der Waals surface area contributed by atoms with E-state index in [9.17, 15) is 13.2 Å². The van der Waals surface area contributed by atoms with E-state index in [2.05, 4.69) is 11.9 Å². The molecule has 1 aromatic rings. The van der Waals surface area contributed by atoms with Crippen molar-refractivity contribution in [3.8, 4) is 0 Å². The van der Waals surface area contributed by atoms with Crippen LogP contribution in [0.1, 0.15) is 23.2 Å². The number of primary amides is 1. The summed E-state index contributed by atoms with van der Waals surface area (Å²) in [6, 6.07) is 5.75. The molecule has 0 aromatic heterocycles. The summed E-state index contributed by atoms with van der Waals surface area (Å²) in [6.45, 7) is 2.53. The minimum atomic E-state index is -3.53. The second-order valence-corrected chi connectivity index (χ2v) is 7.97. The largest absolute Gasteiger partial charge is 0.366 e. The summed E-state index contributed by atoms with van der Waals surface area (Å²) >= 11 is 0. The van der Waals surface area contributed by atoms with Crippen LogP contribution in [0.25, 0.3) is 0 Å². The third kappa shape index (κ3) is 3.85. The molecule has 1 aliphatic heterocycles. The maximum absolute atomic E-state index is 12.6. The van der Waals surface area contributed by atoms with Gasteiger partial charge in [-0.25, -0.2) is 12.7 Å².